The van der Waals surface area contributed by atoms with Crippen LogP contribution in [-0.2, 0) is 14.3 Å². The third-order valence-electron chi connectivity index (χ3n) is 3.89. The minimum atomic E-state index is 0.0382. The molecule has 0 radical (unpaired) electrons. The lowest BCUT2D eigenvalue weighted by atomic mass is 9.95. The van der Waals surface area contributed by atoms with Crippen molar-refractivity contribution in [3.63, 3.8) is 0 Å². The van der Waals surface area contributed by atoms with Gasteiger partial charge in [0.2, 0.25) is 11.8 Å². The van der Waals surface area contributed by atoms with Crippen LogP contribution < -0.4 is 5.32 Å². The average Bonchev–Trinajstić information content (AvgIpc) is 2.49. The van der Waals surface area contributed by atoms with Gasteiger partial charge < -0.3 is 15.0 Å². The summed E-state index contributed by atoms with van der Waals surface area (Å²) in [4.78, 5) is 25.9. The fourth-order valence-electron chi connectivity index (χ4n) is 2.58. The first kappa shape index (κ1) is 18.9. The molecule has 0 aromatic rings. The first-order valence-electron chi connectivity index (χ1n) is 8.56. The minimum Gasteiger partial charge on any atom is -0.381 e. The molecule has 0 unspecified atom stereocenters. The van der Waals surface area contributed by atoms with Crippen LogP contribution in [0, 0.1) is 17.8 Å². The molecule has 0 saturated carbocycles. The van der Waals surface area contributed by atoms with E-state index in [-0.39, 0.29) is 23.7 Å². The van der Waals surface area contributed by atoms with E-state index in [9.17, 15) is 9.59 Å². The van der Waals surface area contributed by atoms with Gasteiger partial charge in [-0.2, -0.15) is 0 Å². The number of amides is 2. The summed E-state index contributed by atoms with van der Waals surface area (Å²) in [6.07, 6.45) is 2.39. The van der Waals surface area contributed by atoms with Crippen LogP contribution in [-0.4, -0.2) is 49.6 Å². The first-order valence-corrected chi connectivity index (χ1v) is 8.56. The summed E-state index contributed by atoms with van der Waals surface area (Å²) >= 11 is 0. The Balaban J connectivity index is 2.14. The number of ether oxygens (including phenoxy) is 1. The molecule has 1 heterocycles. The van der Waals surface area contributed by atoms with Crippen LogP contribution in [0.15, 0.2) is 0 Å². The zero-order valence-corrected chi connectivity index (χ0v) is 14.6. The van der Waals surface area contributed by atoms with Gasteiger partial charge in [0, 0.05) is 44.7 Å². The van der Waals surface area contributed by atoms with Crippen molar-refractivity contribution in [1.82, 2.24) is 10.2 Å². The van der Waals surface area contributed by atoms with Crippen molar-refractivity contribution in [3.05, 3.63) is 0 Å². The van der Waals surface area contributed by atoms with Crippen molar-refractivity contribution in [2.45, 2.75) is 47.0 Å². The van der Waals surface area contributed by atoms with E-state index in [4.69, 9.17) is 4.74 Å². The lowest BCUT2D eigenvalue weighted by Gasteiger charge is -2.32. The molecule has 1 aliphatic rings. The van der Waals surface area contributed by atoms with E-state index >= 15 is 0 Å². The molecule has 128 valence electrons. The number of piperidine rings is 1. The summed E-state index contributed by atoms with van der Waals surface area (Å²) in [5.41, 5.74) is 0. The number of hydrogen-bond donors (Lipinski definition) is 1. The van der Waals surface area contributed by atoms with Crippen molar-refractivity contribution in [2.75, 3.05) is 32.8 Å². The van der Waals surface area contributed by atoms with Gasteiger partial charge in [-0.15, -0.1) is 0 Å². The summed E-state index contributed by atoms with van der Waals surface area (Å²) in [6.45, 7) is 11.6. The molecule has 5 heteroatoms. The first-order chi connectivity index (χ1) is 10.4. The van der Waals surface area contributed by atoms with Crippen LogP contribution in [0.3, 0.4) is 0 Å². The average molecular weight is 312 g/mol. The van der Waals surface area contributed by atoms with E-state index in [0.717, 1.165) is 25.9 Å². The number of carbonyl (C=O) groups is 2. The van der Waals surface area contributed by atoms with Crippen LogP contribution in [0.5, 0.6) is 0 Å². The standard InChI is InChI=1S/C17H32N2O3/c1-13(2)12-22-11-5-8-18-16(20)15-6-9-19(10-7-15)17(21)14(3)4/h13-15H,5-12H2,1-4H3,(H,18,20). The van der Waals surface area contributed by atoms with Gasteiger partial charge in [0.1, 0.15) is 0 Å². The molecular formula is C17H32N2O3. The second-order valence-corrected chi connectivity index (χ2v) is 6.87. The van der Waals surface area contributed by atoms with Gasteiger partial charge in [0.25, 0.3) is 0 Å². The molecule has 1 N–H and O–H groups in total. The van der Waals surface area contributed by atoms with Gasteiger partial charge in [0.15, 0.2) is 0 Å². The van der Waals surface area contributed by atoms with Crippen molar-refractivity contribution < 1.29 is 14.3 Å². The van der Waals surface area contributed by atoms with Gasteiger partial charge in [-0.3, -0.25) is 9.59 Å². The van der Waals surface area contributed by atoms with Crippen LogP contribution in [0.1, 0.15) is 47.0 Å². The number of likely N-dealkylation sites (tertiary alicyclic amines) is 1. The molecule has 2 amide bonds. The molecule has 0 aromatic heterocycles. The molecule has 5 nitrogen and oxygen atoms in total. The molecule has 0 atom stereocenters. The van der Waals surface area contributed by atoms with E-state index in [1.54, 1.807) is 0 Å². The normalized spacial score (nSPS) is 16.4. The zero-order chi connectivity index (χ0) is 16.5. The Labute approximate surface area is 134 Å². The molecule has 0 bridgehead atoms. The Hall–Kier alpha value is -1.10. The van der Waals surface area contributed by atoms with E-state index < -0.39 is 0 Å². The van der Waals surface area contributed by atoms with Gasteiger partial charge in [-0.25, -0.2) is 0 Å². The SMILES string of the molecule is CC(C)COCCCNC(=O)C1CCN(C(=O)C(C)C)CC1. The van der Waals surface area contributed by atoms with Gasteiger partial charge in [0.05, 0.1) is 0 Å². The summed E-state index contributed by atoms with van der Waals surface area (Å²) in [5.74, 6) is 0.957. The zero-order valence-electron chi connectivity index (χ0n) is 14.6. The summed E-state index contributed by atoms with van der Waals surface area (Å²) < 4.78 is 5.49. The Morgan fingerprint density at radius 3 is 2.36 bits per heavy atom. The topological polar surface area (TPSA) is 58.6 Å². The second kappa shape index (κ2) is 9.82. The van der Waals surface area contributed by atoms with Crippen molar-refractivity contribution in [2.24, 2.45) is 17.8 Å². The maximum atomic E-state index is 12.1. The van der Waals surface area contributed by atoms with Crippen LogP contribution in [0.2, 0.25) is 0 Å². The third kappa shape index (κ3) is 6.77. The summed E-state index contributed by atoms with van der Waals surface area (Å²) in [5, 5.41) is 2.98. The van der Waals surface area contributed by atoms with Crippen molar-refractivity contribution in [1.29, 1.82) is 0 Å². The molecule has 1 rings (SSSR count). The molecule has 1 fully saturated rings. The van der Waals surface area contributed by atoms with E-state index in [1.807, 2.05) is 18.7 Å². The highest BCUT2D eigenvalue weighted by Gasteiger charge is 2.27. The molecule has 1 saturated heterocycles. The van der Waals surface area contributed by atoms with E-state index in [0.29, 0.717) is 32.2 Å². The van der Waals surface area contributed by atoms with Crippen molar-refractivity contribution in [3.8, 4) is 0 Å². The van der Waals surface area contributed by atoms with Gasteiger partial charge in [-0.1, -0.05) is 27.7 Å². The highest BCUT2D eigenvalue weighted by molar-refractivity contribution is 5.80. The van der Waals surface area contributed by atoms with Crippen molar-refractivity contribution >= 4 is 11.8 Å². The fraction of sp³-hybridized carbons (Fsp3) is 0.882. The molecule has 22 heavy (non-hydrogen) atoms. The number of nitrogens with one attached hydrogen (secondary N) is 1. The number of hydrogen-bond acceptors (Lipinski definition) is 3. The smallest absolute Gasteiger partial charge is 0.225 e. The largest absolute Gasteiger partial charge is 0.381 e. The predicted octanol–water partition coefficient (Wildman–Crippen LogP) is 2.06. The van der Waals surface area contributed by atoms with Gasteiger partial charge in [-0.05, 0) is 25.2 Å². The Morgan fingerprint density at radius 2 is 1.82 bits per heavy atom. The maximum absolute atomic E-state index is 12.1. The monoisotopic (exact) mass is 312 g/mol. The Morgan fingerprint density at radius 1 is 1.18 bits per heavy atom. The predicted molar refractivity (Wildman–Crippen MR) is 87.4 cm³/mol. The lowest BCUT2D eigenvalue weighted by Crippen LogP contribution is -2.44. The van der Waals surface area contributed by atoms with Crippen LogP contribution in [0.25, 0.3) is 0 Å². The fourth-order valence-corrected chi connectivity index (χ4v) is 2.58. The number of carbonyl (C=O) groups excluding carboxylic acids is 2. The third-order valence-corrected chi connectivity index (χ3v) is 3.89. The van der Waals surface area contributed by atoms with E-state index in [2.05, 4.69) is 19.2 Å². The van der Waals surface area contributed by atoms with E-state index in [1.165, 1.54) is 0 Å². The minimum absolute atomic E-state index is 0.0382. The highest BCUT2D eigenvalue weighted by Crippen LogP contribution is 2.18. The second-order valence-electron chi connectivity index (χ2n) is 6.87. The molecule has 1 aliphatic heterocycles. The summed E-state index contributed by atoms with van der Waals surface area (Å²) in [6, 6.07) is 0. The number of nitrogens with zero attached hydrogens (tertiary/aromatic N) is 1. The summed E-state index contributed by atoms with van der Waals surface area (Å²) in [7, 11) is 0. The number of rotatable bonds is 8. The molecule has 0 aromatic carbocycles. The molecular weight excluding hydrogens is 280 g/mol. The molecule has 0 spiro atoms. The molecule has 0 aliphatic carbocycles. The van der Waals surface area contributed by atoms with Gasteiger partial charge >= 0.3 is 0 Å². The maximum Gasteiger partial charge on any atom is 0.225 e. The quantitative estimate of drug-likeness (QED) is 0.698. The Bertz CT molecular complexity index is 348. The van der Waals surface area contributed by atoms with Crippen LogP contribution >= 0.6 is 0 Å². The van der Waals surface area contributed by atoms with Crippen LogP contribution in [0.4, 0.5) is 0 Å². The highest BCUT2D eigenvalue weighted by atomic mass is 16.5. The Kier molecular flexibility index (Phi) is 8.46. The lowest BCUT2D eigenvalue weighted by molar-refractivity contribution is -0.138.